The minimum Gasteiger partial charge on any atom is -0.451 e. The Kier molecular flexibility index (Phi) is 5.88. The van der Waals surface area contributed by atoms with Gasteiger partial charge in [-0.3, -0.25) is 14.9 Å². The number of nitrogens with one attached hydrogen (secondary N) is 1. The lowest BCUT2D eigenvalue weighted by molar-refractivity contribution is -0.119. The van der Waals surface area contributed by atoms with Crippen molar-refractivity contribution in [3.8, 4) is 11.1 Å². The zero-order chi connectivity index (χ0) is 24.5. The van der Waals surface area contributed by atoms with Crippen molar-refractivity contribution in [2.45, 2.75) is 6.92 Å². The van der Waals surface area contributed by atoms with E-state index in [0.29, 0.717) is 21.5 Å². The Morgan fingerprint density at radius 2 is 1.71 bits per heavy atom. The molecule has 5 aromatic rings. The van der Waals surface area contributed by atoms with Gasteiger partial charge in [-0.05, 0) is 41.6 Å². The number of fused-ring (bicyclic) bond motifs is 2. The number of ether oxygens (including phenoxy) is 1. The smallest absolute Gasteiger partial charge is 0.356 e. The second kappa shape index (κ2) is 9.15. The third kappa shape index (κ3) is 4.31. The zero-order valence-corrected chi connectivity index (χ0v) is 19.9. The maximum Gasteiger partial charge on any atom is 0.356 e. The number of thiazole rings is 1. The summed E-state index contributed by atoms with van der Waals surface area (Å²) in [5.74, 6) is -1.27. The first-order valence-electron chi connectivity index (χ1n) is 10.9. The third-order valence-electron chi connectivity index (χ3n) is 5.68. The van der Waals surface area contributed by atoms with Crippen LogP contribution in [0.2, 0.25) is 0 Å². The number of nitrogens with zero attached hydrogens (tertiary/aromatic N) is 2. The van der Waals surface area contributed by atoms with Gasteiger partial charge in [0.1, 0.15) is 5.69 Å². The van der Waals surface area contributed by atoms with Gasteiger partial charge in [0.2, 0.25) is 0 Å². The molecule has 3 aromatic carbocycles. The molecule has 0 saturated carbocycles. The number of esters is 1. The average molecular weight is 484 g/mol. The monoisotopic (exact) mass is 483 g/mol. The summed E-state index contributed by atoms with van der Waals surface area (Å²) < 4.78 is 7.60. The number of hydrogen-bond acceptors (Lipinski definition) is 6. The minimum absolute atomic E-state index is 0.0863. The second-order valence-corrected chi connectivity index (χ2v) is 9.14. The number of aromatic nitrogens is 2. The van der Waals surface area contributed by atoms with Crippen molar-refractivity contribution >= 4 is 49.3 Å². The average Bonchev–Trinajstić information content (AvgIpc) is 3.26. The summed E-state index contributed by atoms with van der Waals surface area (Å²) in [6.07, 6.45) is 0. The molecule has 2 aromatic heterocycles. The fourth-order valence-electron chi connectivity index (χ4n) is 4.04. The molecule has 0 bridgehead atoms. The van der Waals surface area contributed by atoms with Gasteiger partial charge in [-0.2, -0.15) is 0 Å². The van der Waals surface area contributed by atoms with E-state index in [1.165, 1.54) is 23.0 Å². The maximum absolute atomic E-state index is 13.2. The van der Waals surface area contributed by atoms with Crippen LogP contribution in [0.3, 0.4) is 0 Å². The van der Waals surface area contributed by atoms with Gasteiger partial charge in [0.05, 0.1) is 10.2 Å². The lowest BCUT2D eigenvalue weighted by Gasteiger charge is -2.16. The Labute approximate surface area is 204 Å². The molecule has 0 saturated heterocycles. The molecule has 5 rings (SSSR count). The predicted molar refractivity (Wildman–Crippen MR) is 138 cm³/mol. The van der Waals surface area contributed by atoms with Crippen LogP contribution in [-0.2, 0) is 16.6 Å². The first kappa shape index (κ1) is 22.5. The van der Waals surface area contributed by atoms with Crippen LogP contribution < -0.4 is 10.9 Å². The van der Waals surface area contributed by atoms with Crippen LogP contribution in [-0.4, -0.2) is 28.0 Å². The number of carbonyl (C=O) groups is 2. The molecule has 2 heterocycles. The van der Waals surface area contributed by atoms with Gasteiger partial charge in [0.25, 0.3) is 11.5 Å². The van der Waals surface area contributed by atoms with Gasteiger partial charge in [-0.15, -0.1) is 0 Å². The number of pyridine rings is 1. The van der Waals surface area contributed by atoms with Crippen molar-refractivity contribution in [3.63, 3.8) is 0 Å². The topological polar surface area (TPSA) is 90.3 Å². The zero-order valence-electron chi connectivity index (χ0n) is 19.1. The van der Waals surface area contributed by atoms with E-state index < -0.39 is 18.5 Å². The minimum atomic E-state index is -0.760. The van der Waals surface area contributed by atoms with E-state index >= 15 is 0 Å². The molecule has 1 N–H and O–H groups in total. The van der Waals surface area contributed by atoms with E-state index in [-0.39, 0.29) is 11.3 Å². The molecule has 0 fully saturated rings. The molecule has 174 valence electrons. The summed E-state index contributed by atoms with van der Waals surface area (Å²) in [6, 6.07) is 22.3. The molecule has 35 heavy (non-hydrogen) atoms. The van der Waals surface area contributed by atoms with Gasteiger partial charge >= 0.3 is 5.97 Å². The van der Waals surface area contributed by atoms with E-state index in [4.69, 9.17) is 4.74 Å². The largest absolute Gasteiger partial charge is 0.451 e. The molecule has 0 aliphatic rings. The van der Waals surface area contributed by atoms with Gasteiger partial charge in [0.15, 0.2) is 11.7 Å². The molecule has 0 aliphatic heterocycles. The highest BCUT2D eigenvalue weighted by Crippen LogP contribution is 2.31. The van der Waals surface area contributed by atoms with Crippen LogP contribution in [0.4, 0.5) is 5.13 Å². The number of amides is 1. The molecule has 0 spiro atoms. The number of benzene rings is 3. The molecule has 1 amide bonds. The summed E-state index contributed by atoms with van der Waals surface area (Å²) in [7, 11) is 1.53. The quantitative estimate of drug-likeness (QED) is 0.359. The number of aryl methyl sites for hydroxylation is 1. The highest BCUT2D eigenvalue weighted by Gasteiger charge is 2.23. The Morgan fingerprint density at radius 1 is 1.00 bits per heavy atom. The molecule has 0 unspecified atom stereocenters. The highest BCUT2D eigenvalue weighted by molar-refractivity contribution is 7.22. The Bertz CT molecular complexity index is 1650. The number of carbonyl (C=O) groups excluding carboxylic acids is 2. The maximum atomic E-state index is 13.2. The second-order valence-electron chi connectivity index (χ2n) is 8.11. The fourth-order valence-corrected chi connectivity index (χ4v) is 5.02. The molecule has 7 nitrogen and oxygen atoms in total. The number of rotatable bonds is 5. The number of hydrogen-bond donors (Lipinski definition) is 1. The standard InChI is InChI=1S/C27H21N3O4S/c1-16-12-13-20-21(14-16)35-27(28-20)29-22(31)15-34-26(33)24-23(17-8-4-3-5-9-17)18-10-6-7-11-19(18)25(32)30(24)2/h3-14H,15H2,1-2H3,(H,28,29,31). The summed E-state index contributed by atoms with van der Waals surface area (Å²) in [4.78, 5) is 43.1. The lowest BCUT2D eigenvalue weighted by Crippen LogP contribution is -2.28. The van der Waals surface area contributed by atoms with E-state index in [0.717, 1.165) is 21.3 Å². The highest BCUT2D eigenvalue weighted by atomic mass is 32.1. The van der Waals surface area contributed by atoms with Gasteiger partial charge in [-0.25, -0.2) is 9.78 Å². The van der Waals surface area contributed by atoms with Crippen LogP contribution in [0.5, 0.6) is 0 Å². The van der Waals surface area contributed by atoms with Crippen molar-refractivity contribution in [2.24, 2.45) is 7.05 Å². The van der Waals surface area contributed by atoms with Gasteiger partial charge < -0.3 is 9.30 Å². The van der Waals surface area contributed by atoms with Crippen LogP contribution in [0, 0.1) is 6.92 Å². The van der Waals surface area contributed by atoms with Crippen molar-refractivity contribution in [1.82, 2.24) is 9.55 Å². The van der Waals surface area contributed by atoms with Crippen LogP contribution >= 0.6 is 11.3 Å². The SMILES string of the molecule is Cc1ccc2nc(NC(=O)COC(=O)c3c(-c4ccccc4)c4ccccc4c(=O)n3C)sc2c1. The van der Waals surface area contributed by atoms with Gasteiger partial charge in [0, 0.05) is 18.0 Å². The normalized spacial score (nSPS) is 11.0. The van der Waals surface area contributed by atoms with Crippen LogP contribution in [0.15, 0.2) is 77.6 Å². The van der Waals surface area contributed by atoms with Crippen molar-refractivity contribution in [1.29, 1.82) is 0 Å². The van der Waals surface area contributed by atoms with Crippen molar-refractivity contribution in [3.05, 3.63) is 94.4 Å². The Hall–Kier alpha value is -4.30. The summed E-state index contributed by atoms with van der Waals surface area (Å²) in [5, 5.41) is 4.24. The van der Waals surface area contributed by atoms with E-state index in [1.807, 2.05) is 61.5 Å². The third-order valence-corrected chi connectivity index (χ3v) is 6.62. The molecular weight excluding hydrogens is 462 g/mol. The molecular formula is C27H21N3O4S. The fraction of sp³-hybridized carbons (Fsp3) is 0.111. The van der Waals surface area contributed by atoms with E-state index in [2.05, 4.69) is 10.3 Å². The summed E-state index contributed by atoms with van der Waals surface area (Å²) in [6.45, 7) is 1.48. The molecule has 8 heteroatoms. The predicted octanol–water partition coefficient (Wildman–Crippen LogP) is 4.92. The Morgan fingerprint density at radius 3 is 2.49 bits per heavy atom. The first-order chi connectivity index (χ1) is 16.9. The molecule has 0 radical (unpaired) electrons. The van der Waals surface area contributed by atoms with Crippen LogP contribution in [0.25, 0.3) is 32.1 Å². The molecule has 0 aliphatic carbocycles. The molecule has 0 atom stereocenters. The lowest BCUT2D eigenvalue weighted by atomic mass is 9.97. The summed E-state index contributed by atoms with van der Waals surface area (Å²) in [5.41, 5.74) is 3.00. The first-order valence-corrected chi connectivity index (χ1v) is 11.8. The summed E-state index contributed by atoms with van der Waals surface area (Å²) >= 11 is 1.35. The van der Waals surface area contributed by atoms with E-state index in [9.17, 15) is 14.4 Å². The van der Waals surface area contributed by atoms with Crippen molar-refractivity contribution in [2.75, 3.05) is 11.9 Å². The van der Waals surface area contributed by atoms with Crippen LogP contribution in [0.1, 0.15) is 16.1 Å². The van der Waals surface area contributed by atoms with E-state index in [1.54, 1.807) is 18.2 Å². The Balaban J connectivity index is 1.44. The van der Waals surface area contributed by atoms with Gasteiger partial charge in [-0.1, -0.05) is 65.9 Å². The van der Waals surface area contributed by atoms with Crippen molar-refractivity contribution < 1.29 is 14.3 Å². The number of anilines is 1.